The smallest absolute Gasteiger partial charge is 0.207 e. The fraction of sp³-hybridized carbons (Fsp3) is 0.364. The molecule has 0 radical (unpaired) electrons. The van der Waals surface area contributed by atoms with Gasteiger partial charge in [0, 0.05) is 24.0 Å². The summed E-state index contributed by atoms with van der Waals surface area (Å²) in [5.74, 6) is 7.03. The van der Waals surface area contributed by atoms with Crippen LogP contribution in [0.3, 0.4) is 0 Å². The van der Waals surface area contributed by atoms with Gasteiger partial charge in [-0.2, -0.15) is 0 Å². The van der Waals surface area contributed by atoms with Gasteiger partial charge in [0.05, 0.1) is 18.4 Å². The van der Waals surface area contributed by atoms with Gasteiger partial charge in [0.15, 0.2) is 4.96 Å². The SMILES string of the molecule is C=C/C=C(\C=C/C)NC.CC.O=CNCc1cnc2scc(C#CC3CC3)n12. The molecule has 6 heteroatoms. The minimum absolute atomic E-state index is 0.486. The molecule has 1 saturated carbocycles. The molecule has 2 heterocycles. The van der Waals surface area contributed by atoms with E-state index < -0.39 is 0 Å². The fourth-order valence-electron chi connectivity index (χ4n) is 2.16. The summed E-state index contributed by atoms with van der Waals surface area (Å²) < 4.78 is 2.01. The molecule has 1 fully saturated rings. The van der Waals surface area contributed by atoms with Crippen molar-refractivity contribution in [2.75, 3.05) is 7.05 Å². The van der Waals surface area contributed by atoms with E-state index in [-0.39, 0.29) is 0 Å². The van der Waals surface area contributed by atoms with Crippen molar-refractivity contribution >= 4 is 22.7 Å². The number of carbonyl (C=O) groups excluding carboxylic acids is 1. The van der Waals surface area contributed by atoms with Gasteiger partial charge in [-0.3, -0.25) is 9.20 Å². The average Bonchev–Trinajstić information content (AvgIpc) is 3.34. The lowest BCUT2D eigenvalue weighted by Gasteiger charge is -1.98. The van der Waals surface area contributed by atoms with Gasteiger partial charge in [-0.05, 0) is 37.8 Å². The molecule has 2 aromatic rings. The lowest BCUT2D eigenvalue weighted by molar-refractivity contribution is -0.109. The first-order valence-electron chi connectivity index (χ1n) is 9.49. The molecule has 0 unspecified atom stereocenters. The van der Waals surface area contributed by atoms with Gasteiger partial charge in [0.1, 0.15) is 5.69 Å². The molecule has 1 aliphatic rings. The molecule has 1 amide bonds. The van der Waals surface area contributed by atoms with E-state index >= 15 is 0 Å². The van der Waals surface area contributed by atoms with Crippen LogP contribution in [-0.4, -0.2) is 22.8 Å². The number of thiazole rings is 1. The Labute approximate surface area is 172 Å². The van der Waals surface area contributed by atoms with Crippen LogP contribution in [0.1, 0.15) is 45.0 Å². The number of imidazole rings is 1. The largest absolute Gasteiger partial charge is 0.388 e. The number of carbonyl (C=O) groups is 1. The van der Waals surface area contributed by atoms with E-state index in [1.54, 1.807) is 23.6 Å². The predicted octanol–water partition coefficient (Wildman–Crippen LogP) is 4.28. The van der Waals surface area contributed by atoms with Gasteiger partial charge in [-0.15, -0.1) is 11.3 Å². The number of aromatic nitrogens is 2. The molecule has 3 rings (SSSR count). The third kappa shape index (κ3) is 7.45. The fourth-order valence-corrected chi connectivity index (χ4v) is 2.97. The van der Waals surface area contributed by atoms with Crippen molar-refractivity contribution in [1.29, 1.82) is 0 Å². The van der Waals surface area contributed by atoms with E-state index in [2.05, 4.69) is 34.0 Å². The summed E-state index contributed by atoms with van der Waals surface area (Å²) in [6, 6.07) is 0. The number of likely N-dealkylation sites (N-methyl/N-ethyl adjacent to an activating group) is 1. The van der Waals surface area contributed by atoms with E-state index in [9.17, 15) is 4.79 Å². The van der Waals surface area contributed by atoms with Crippen molar-refractivity contribution in [1.82, 2.24) is 20.0 Å². The molecule has 2 aromatic heterocycles. The lowest BCUT2D eigenvalue weighted by Crippen LogP contribution is -2.11. The van der Waals surface area contributed by atoms with E-state index in [0.717, 1.165) is 22.0 Å². The maximum Gasteiger partial charge on any atom is 0.207 e. The predicted molar refractivity (Wildman–Crippen MR) is 119 cm³/mol. The van der Waals surface area contributed by atoms with Gasteiger partial charge in [-0.1, -0.05) is 38.5 Å². The number of fused-ring (bicyclic) bond motifs is 1. The Bertz CT molecular complexity index is 860. The summed E-state index contributed by atoms with van der Waals surface area (Å²) in [6.45, 7) is 10.0. The van der Waals surface area contributed by atoms with Crippen LogP contribution in [0.4, 0.5) is 0 Å². The molecular weight excluding hydrogens is 368 g/mol. The minimum Gasteiger partial charge on any atom is -0.388 e. The zero-order valence-corrected chi connectivity index (χ0v) is 18.0. The van der Waals surface area contributed by atoms with Gasteiger partial charge < -0.3 is 10.6 Å². The normalized spacial score (nSPS) is 12.8. The molecule has 28 heavy (non-hydrogen) atoms. The van der Waals surface area contributed by atoms with Crippen molar-refractivity contribution < 1.29 is 4.79 Å². The van der Waals surface area contributed by atoms with Crippen molar-refractivity contribution in [3.8, 4) is 11.8 Å². The Hall–Kier alpha value is -2.78. The third-order valence-electron chi connectivity index (χ3n) is 3.60. The monoisotopic (exact) mass is 398 g/mol. The van der Waals surface area contributed by atoms with Crippen molar-refractivity contribution in [2.45, 2.75) is 40.2 Å². The molecule has 0 saturated heterocycles. The maximum atomic E-state index is 10.3. The zero-order valence-electron chi connectivity index (χ0n) is 17.2. The van der Waals surface area contributed by atoms with Gasteiger partial charge in [-0.25, -0.2) is 4.98 Å². The number of allylic oxidation sites excluding steroid dienone is 4. The van der Waals surface area contributed by atoms with Crippen LogP contribution in [0.2, 0.25) is 0 Å². The third-order valence-corrected chi connectivity index (χ3v) is 4.44. The Morgan fingerprint density at radius 2 is 2.21 bits per heavy atom. The molecule has 0 bridgehead atoms. The molecule has 0 spiro atoms. The molecule has 2 N–H and O–H groups in total. The van der Waals surface area contributed by atoms with Crippen LogP contribution in [0.15, 0.2) is 48.2 Å². The Morgan fingerprint density at radius 3 is 2.79 bits per heavy atom. The highest BCUT2D eigenvalue weighted by molar-refractivity contribution is 7.15. The summed E-state index contributed by atoms with van der Waals surface area (Å²) in [4.78, 5) is 15.5. The molecule has 150 valence electrons. The first-order chi connectivity index (χ1) is 13.7. The standard InChI is InChI=1S/C12H11N3OS.C8H13N.C2H6/c16-8-13-5-11-6-14-12-15(11)10(7-17-12)4-3-9-1-2-9;1-4-6-8(9-3)7-5-2;1-2/h6-9H,1-2,5H2,(H,13,16);4-7,9H,1H2,2-3H3;1-2H3/b;7-5-,8-6+;. The van der Waals surface area contributed by atoms with Crippen LogP contribution >= 0.6 is 11.3 Å². The first-order valence-corrected chi connectivity index (χ1v) is 10.4. The lowest BCUT2D eigenvalue weighted by atomic mass is 10.3. The van der Waals surface area contributed by atoms with Crippen molar-refractivity contribution in [3.05, 3.63) is 59.5 Å². The Morgan fingerprint density at radius 1 is 1.46 bits per heavy atom. The summed E-state index contributed by atoms with van der Waals surface area (Å²) in [7, 11) is 1.88. The second-order valence-corrected chi connectivity index (χ2v) is 6.48. The van der Waals surface area contributed by atoms with Crippen LogP contribution in [0, 0.1) is 17.8 Å². The number of amides is 1. The van der Waals surface area contributed by atoms with Gasteiger partial charge in [0.25, 0.3) is 0 Å². The summed E-state index contributed by atoms with van der Waals surface area (Å²) in [5, 5.41) is 7.68. The minimum atomic E-state index is 0.486. The quantitative estimate of drug-likeness (QED) is 0.434. The van der Waals surface area contributed by atoms with Crippen molar-refractivity contribution in [3.63, 3.8) is 0 Å². The number of rotatable bonds is 6. The second-order valence-electron chi connectivity index (χ2n) is 5.64. The summed E-state index contributed by atoms with van der Waals surface area (Å²) in [6.07, 6.45) is 12.6. The van der Waals surface area contributed by atoms with Gasteiger partial charge >= 0.3 is 0 Å². The van der Waals surface area contributed by atoms with E-state index in [1.165, 1.54) is 12.8 Å². The topological polar surface area (TPSA) is 58.4 Å². The van der Waals surface area contributed by atoms with E-state index in [0.29, 0.717) is 18.9 Å². The molecule has 0 aliphatic heterocycles. The maximum absolute atomic E-state index is 10.3. The van der Waals surface area contributed by atoms with Crippen LogP contribution in [0.25, 0.3) is 4.96 Å². The average molecular weight is 399 g/mol. The van der Waals surface area contributed by atoms with Gasteiger partial charge in [0.2, 0.25) is 6.41 Å². The van der Waals surface area contributed by atoms with E-state index in [1.807, 2.05) is 55.8 Å². The molecule has 5 nitrogen and oxygen atoms in total. The first kappa shape index (κ1) is 23.3. The highest BCUT2D eigenvalue weighted by Gasteiger charge is 2.18. The molecule has 1 aliphatic carbocycles. The Balaban J connectivity index is 0.000000306. The van der Waals surface area contributed by atoms with Crippen LogP contribution in [-0.2, 0) is 11.3 Å². The zero-order chi connectivity index (χ0) is 20.8. The van der Waals surface area contributed by atoms with E-state index in [4.69, 9.17) is 0 Å². The van der Waals surface area contributed by atoms with Crippen molar-refractivity contribution in [2.24, 2.45) is 5.92 Å². The highest BCUT2D eigenvalue weighted by atomic mass is 32.1. The number of hydrogen-bond donors (Lipinski definition) is 2. The number of nitrogens with zero attached hydrogens (tertiary/aromatic N) is 2. The van der Waals surface area contributed by atoms with Crippen LogP contribution in [0.5, 0.6) is 0 Å². The summed E-state index contributed by atoms with van der Waals surface area (Å²) in [5.41, 5.74) is 3.01. The molecule has 0 atom stereocenters. The Kier molecular flexibility index (Phi) is 11.1. The second kappa shape index (κ2) is 13.4. The number of hydrogen-bond acceptors (Lipinski definition) is 4. The molecule has 0 aromatic carbocycles. The highest BCUT2D eigenvalue weighted by Crippen LogP contribution is 2.28. The number of nitrogens with one attached hydrogen (secondary N) is 2. The van der Waals surface area contributed by atoms with Crippen LogP contribution < -0.4 is 10.6 Å². The molecular formula is C22H30N4OS. The summed E-state index contributed by atoms with van der Waals surface area (Å²) >= 11 is 1.57.